The molecular formula is C23H30O3. The van der Waals surface area contributed by atoms with Crippen LogP contribution in [0.25, 0.3) is 11.1 Å². The quantitative estimate of drug-likeness (QED) is 0.750. The van der Waals surface area contributed by atoms with E-state index in [0.29, 0.717) is 0 Å². The minimum Gasteiger partial charge on any atom is -0.479 e. The highest BCUT2D eigenvalue weighted by molar-refractivity contribution is 5.83. The van der Waals surface area contributed by atoms with Gasteiger partial charge in [-0.15, -0.1) is 0 Å². The number of carbonyl (C=O) groups is 1. The fourth-order valence-electron chi connectivity index (χ4n) is 3.35. The van der Waals surface area contributed by atoms with Crippen LogP contribution in [0.3, 0.4) is 0 Å². The third-order valence-corrected chi connectivity index (χ3v) is 5.03. The molecule has 2 rings (SSSR count). The maximum absolute atomic E-state index is 12.2. The highest BCUT2D eigenvalue weighted by Crippen LogP contribution is 2.40. The Morgan fingerprint density at radius 1 is 0.885 bits per heavy atom. The van der Waals surface area contributed by atoms with E-state index in [1.54, 1.807) is 0 Å². The molecule has 0 amide bonds. The van der Waals surface area contributed by atoms with E-state index in [-0.39, 0.29) is 0 Å². The van der Waals surface area contributed by atoms with E-state index >= 15 is 0 Å². The zero-order chi connectivity index (χ0) is 19.8. The Labute approximate surface area is 157 Å². The first-order chi connectivity index (χ1) is 11.9. The second kappa shape index (κ2) is 7.24. The largest absolute Gasteiger partial charge is 0.479 e. The molecular weight excluding hydrogens is 324 g/mol. The van der Waals surface area contributed by atoms with Gasteiger partial charge in [0, 0.05) is 5.56 Å². The lowest BCUT2D eigenvalue weighted by Gasteiger charge is -2.30. The van der Waals surface area contributed by atoms with Gasteiger partial charge in [-0.05, 0) is 88.8 Å². The van der Waals surface area contributed by atoms with E-state index in [9.17, 15) is 9.90 Å². The summed E-state index contributed by atoms with van der Waals surface area (Å²) in [6.07, 6.45) is -1.01. The molecule has 3 heteroatoms. The molecule has 0 saturated carbocycles. The molecule has 0 spiro atoms. The predicted octanol–water partition coefficient (Wildman–Crippen LogP) is 5.84. The SMILES string of the molecule is Cc1ccc(-c2c(C)c(C)c(C)c(C)c2[C@H](OC(C)(C)C)C(=O)O)cc1. The molecule has 0 unspecified atom stereocenters. The lowest BCUT2D eigenvalue weighted by atomic mass is 9.83. The Morgan fingerprint density at radius 2 is 1.38 bits per heavy atom. The minimum atomic E-state index is -1.01. The van der Waals surface area contributed by atoms with Crippen molar-refractivity contribution >= 4 is 5.97 Å². The molecule has 1 atom stereocenters. The van der Waals surface area contributed by atoms with Crippen molar-refractivity contribution in [3.63, 3.8) is 0 Å². The molecule has 2 aromatic rings. The number of aryl methyl sites for hydroxylation is 1. The van der Waals surface area contributed by atoms with Crippen molar-refractivity contribution in [2.45, 2.75) is 67.1 Å². The number of hydrogen-bond donors (Lipinski definition) is 1. The van der Waals surface area contributed by atoms with Gasteiger partial charge in [-0.3, -0.25) is 0 Å². The maximum atomic E-state index is 12.2. The van der Waals surface area contributed by atoms with Crippen molar-refractivity contribution in [2.75, 3.05) is 0 Å². The summed E-state index contributed by atoms with van der Waals surface area (Å²) in [5.41, 5.74) is 7.79. The van der Waals surface area contributed by atoms with E-state index in [2.05, 4.69) is 45.0 Å². The Balaban J connectivity index is 2.85. The molecule has 0 aliphatic heterocycles. The number of aliphatic carboxylic acids is 1. The molecule has 0 radical (unpaired) electrons. The summed E-state index contributed by atoms with van der Waals surface area (Å²) in [6.45, 7) is 15.9. The van der Waals surface area contributed by atoms with E-state index in [4.69, 9.17) is 4.74 Å². The van der Waals surface area contributed by atoms with E-state index < -0.39 is 17.7 Å². The van der Waals surface area contributed by atoms with Crippen molar-refractivity contribution < 1.29 is 14.6 Å². The van der Waals surface area contributed by atoms with Gasteiger partial charge in [0.15, 0.2) is 6.10 Å². The fourth-order valence-corrected chi connectivity index (χ4v) is 3.35. The molecule has 0 fully saturated rings. The van der Waals surface area contributed by atoms with Crippen LogP contribution in [0.1, 0.15) is 60.3 Å². The van der Waals surface area contributed by atoms with Gasteiger partial charge in [-0.1, -0.05) is 29.8 Å². The number of benzene rings is 2. The van der Waals surface area contributed by atoms with Crippen LogP contribution in [0.4, 0.5) is 0 Å². The average molecular weight is 354 g/mol. The van der Waals surface area contributed by atoms with Gasteiger partial charge in [0.05, 0.1) is 5.60 Å². The van der Waals surface area contributed by atoms with Crippen LogP contribution in [0.15, 0.2) is 24.3 Å². The van der Waals surface area contributed by atoms with Crippen LogP contribution in [0, 0.1) is 34.6 Å². The molecule has 26 heavy (non-hydrogen) atoms. The molecule has 0 aromatic heterocycles. The Morgan fingerprint density at radius 3 is 1.85 bits per heavy atom. The fraction of sp³-hybridized carbons (Fsp3) is 0.435. The van der Waals surface area contributed by atoms with Crippen LogP contribution in [0.5, 0.6) is 0 Å². The lowest BCUT2D eigenvalue weighted by Crippen LogP contribution is -2.28. The highest BCUT2D eigenvalue weighted by Gasteiger charge is 2.32. The van der Waals surface area contributed by atoms with Crippen LogP contribution >= 0.6 is 0 Å². The summed E-state index contributed by atoms with van der Waals surface area (Å²) in [4.78, 5) is 12.2. The van der Waals surface area contributed by atoms with E-state index in [1.165, 1.54) is 11.1 Å². The second-order valence-electron chi connectivity index (χ2n) is 8.10. The number of carboxylic acids is 1. The standard InChI is InChI=1S/C23H30O3/c1-13-9-11-18(12-10-13)19-16(4)14(2)15(3)17(5)20(19)21(22(24)25)26-23(6,7)8/h9-12,21H,1-8H3,(H,24,25)/t21-/m0/s1. The zero-order valence-electron chi connectivity index (χ0n) is 17.2. The molecule has 3 nitrogen and oxygen atoms in total. The van der Waals surface area contributed by atoms with Gasteiger partial charge in [0.25, 0.3) is 0 Å². The summed E-state index contributed by atoms with van der Waals surface area (Å²) in [5.74, 6) is -0.959. The van der Waals surface area contributed by atoms with Gasteiger partial charge < -0.3 is 9.84 Å². The topological polar surface area (TPSA) is 46.5 Å². The highest BCUT2D eigenvalue weighted by atomic mass is 16.5. The number of ether oxygens (including phenoxy) is 1. The predicted molar refractivity (Wildman–Crippen MR) is 107 cm³/mol. The first-order valence-corrected chi connectivity index (χ1v) is 9.02. The van der Waals surface area contributed by atoms with Crippen molar-refractivity contribution in [2.24, 2.45) is 0 Å². The third kappa shape index (κ3) is 3.99. The summed E-state index contributed by atoms with van der Waals surface area (Å²) in [6, 6.07) is 8.24. The third-order valence-electron chi connectivity index (χ3n) is 5.03. The summed E-state index contributed by atoms with van der Waals surface area (Å²) < 4.78 is 6.00. The number of rotatable bonds is 4. The average Bonchev–Trinajstić information content (AvgIpc) is 2.54. The number of carboxylic acid groups (broad SMARTS) is 1. The van der Waals surface area contributed by atoms with E-state index in [1.807, 2.05) is 34.6 Å². The Hall–Kier alpha value is -2.13. The van der Waals surface area contributed by atoms with Crippen molar-refractivity contribution in [1.82, 2.24) is 0 Å². The molecule has 0 aliphatic carbocycles. The second-order valence-corrected chi connectivity index (χ2v) is 8.10. The molecule has 1 N–H and O–H groups in total. The van der Waals surface area contributed by atoms with Crippen molar-refractivity contribution in [3.8, 4) is 11.1 Å². The van der Waals surface area contributed by atoms with Crippen LogP contribution < -0.4 is 0 Å². The van der Waals surface area contributed by atoms with E-state index in [0.717, 1.165) is 33.4 Å². The summed E-state index contributed by atoms with van der Waals surface area (Å²) >= 11 is 0. The smallest absolute Gasteiger partial charge is 0.337 e. The molecule has 0 saturated heterocycles. The van der Waals surface area contributed by atoms with Gasteiger partial charge in [0.2, 0.25) is 0 Å². The zero-order valence-corrected chi connectivity index (χ0v) is 17.2. The van der Waals surface area contributed by atoms with Crippen molar-refractivity contribution in [3.05, 3.63) is 57.6 Å². The summed E-state index contributed by atoms with van der Waals surface area (Å²) in [7, 11) is 0. The lowest BCUT2D eigenvalue weighted by molar-refractivity contribution is -0.160. The monoisotopic (exact) mass is 354 g/mol. The first kappa shape index (κ1) is 20.2. The minimum absolute atomic E-state index is 0.563. The number of hydrogen-bond acceptors (Lipinski definition) is 2. The van der Waals surface area contributed by atoms with Gasteiger partial charge in [-0.25, -0.2) is 4.79 Å². The first-order valence-electron chi connectivity index (χ1n) is 9.02. The maximum Gasteiger partial charge on any atom is 0.337 e. The molecule has 0 heterocycles. The molecule has 0 bridgehead atoms. The van der Waals surface area contributed by atoms with Crippen LogP contribution in [-0.2, 0) is 9.53 Å². The van der Waals surface area contributed by atoms with Crippen molar-refractivity contribution in [1.29, 1.82) is 0 Å². The summed E-state index contributed by atoms with van der Waals surface area (Å²) in [5, 5.41) is 9.96. The van der Waals surface area contributed by atoms with Crippen LogP contribution in [-0.4, -0.2) is 16.7 Å². The van der Waals surface area contributed by atoms with Gasteiger partial charge in [0.1, 0.15) is 0 Å². The Bertz CT molecular complexity index is 824. The van der Waals surface area contributed by atoms with Crippen LogP contribution in [0.2, 0.25) is 0 Å². The van der Waals surface area contributed by atoms with Gasteiger partial charge >= 0.3 is 5.97 Å². The molecule has 2 aromatic carbocycles. The normalized spacial score (nSPS) is 12.9. The van der Waals surface area contributed by atoms with Gasteiger partial charge in [-0.2, -0.15) is 0 Å². The Kier molecular flexibility index (Phi) is 5.62. The molecule has 140 valence electrons. The molecule has 0 aliphatic rings.